The molecule has 128 valence electrons. The number of amides is 1. The molecule has 1 fully saturated rings. The normalized spacial score (nSPS) is 24.9. The van der Waals surface area contributed by atoms with Crippen LogP contribution in [0.3, 0.4) is 0 Å². The van der Waals surface area contributed by atoms with Gasteiger partial charge in [0, 0.05) is 19.2 Å². The lowest BCUT2D eigenvalue weighted by Crippen LogP contribution is -2.44. The number of hydrogen-bond acceptors (Lipinski definition) is 5. The summed E-state index contributed by atoms with van der Waals surface area (Å²) in [6.45, 7) is 2.61. The first kappa shape index (κ1) is 17.5. The van der Waals surface area contributed by atoms with Gasteiger partial charge in [-0.15, -0.1) is 0 Å². The van der Waals surface area contributed by atoms with Crippen LogP contribution in [0.2, 0.25) is 0 Å². The predicted molar refractivity (Wildman–Crippen MR) is 83.6 cm³/mol. The van der Waals surface area contributed by atoms with Gasteiger partial charge in [-0.1, -0.05) is 12.0 Å². The Labute approximate surface area is 136 Å². The van der Waals surface area contributed by atoms with Crippen molar-refractivity contribution in [1.29, 1.82) is 0 Å². The number of nitrogens with zero attached hydrogens (tertiary/aromatic N) is 1. The molecule has 2 rings (SSSR count). The Balaban J connectivity index is 2.23. The smallest absolute Gasteiger partial charge is 0.413 e. The van der Waals surface area contributed by atoms with Gasteiger partial charge in [0.1, 0.15) is 5.41 Å². The fourth-order valence-corrected chi connectivity index (χ4v) is 3.44. The molecule has 6 nitrogen and oxygen atoms in total. The molecule has 0 radical (unpaired) electrons. The summed E-state index contributed by atoms with van der Waals surface area (Å²) in [5.41, 5.74) is -0.135. The standard InChI is InChI=1S/C17H25NO5/c1-3-23-15(20)17(9-5-4-8-14(17)19)11-13-7-6-10-18(12-13)16(21)22-2/h12H,3-11H2,1-2H3. The molecule has 23 heavy (non-hydrogen) atoms. The van der Waals surface area contributed by atoms with E-state index in [1.54, 1.807) is 13.1 Å². The highest BCUT2D eigenvalue weighted by Gasteiger charge is 2.48. The number of hydrogen-bond donors (Lipinski definition) is 0. The highest BCUT2D eigenvalue weighted by molar-refractivity contribution is 6.04. The van der Waals surface area contributed by atoms with E-state index in [9.17, 15) is 14.4 Å². The topological polar surface area (TPSA) is 72.9 Å². The Morgan fingerprint density at radius 1 is 1.26 bits per heavy atom. The van der Waals surface area contributed by atoms with Gasteiger partial charge in [0.25, 0.3) is 0 Å². The largest absolute Gasteiger partial charge is 0.465 e. The zero-order chi connectivity index (χ0) is 16.9. The van der Waals surface area contributed by atoms with E-state index >= 15 is 0 Å². The first-order valence-electron chi connectivity index (χ1n) is 8.28. The molecule has 0 aromatic carbocycles. The minimum Gasteiger partial charge on any atom is -0.465 e. The van der Waals surface area contributed by atoms with Crippen LogP contribution in [0.5, 0.6) is 0 Å². The summed E-state index contributed by atoms with van der Waals surface area (Å²) in [6, 6.07) is 0. The number of methoxy groups -OCH3 is 1. The Bertz CT molecular complexity index is 513. The molecule has 6 heteroatoms. The minimum atomic E-state index is -1.07. The SMILES string of the molecule is CCOC(=O)C1(CC2=CN(C(=O)OC)CCC2)CCCCC1=O. The molecular weight excluding hydrogens is 298 g/mol. The third-order valence-electron chi connectivity index (χ3n) is 4.63. The quantitative estimate of drug-likeness (QED) is 0.587. The molecule has 1 heterocycles. The van der Waals surface area contributed by atoms with Crippen LogP contribution in [-0.4, -0.2) is 43.0 Å². The first-order chi connectivity index (χ1) is 11.0. The third-order valence-corrected chi connectivity index (χ3v) is 4.63. The van der Waals surface area contributed by atoms with Gasteiger partial charge >= 0.3 is 12.1 Å². The monoisotopic (exact) mass is 323 g/mol. The first-order valence-corrected chi connectivity index (χ1v) is 8.28. The Morgan fingerprint density at radius 2 is 2.04 bits per heavy atom. The maximum absolute atomic E-state index is 12.5. The van der Waals surface area contributed by atoms with Gasteiger partial charge in [0.15, 0.2) is 5.78 Å². The maximum atomic E-state index is 12.5. The molecule has 0 aromatic heterocycles. The number of esters is 1. The second-order valence-corrected chi connectivity index (χ2v) is 6.16. The van der Waals surface area contributed by atoms with Crippen LogP contribution in [0.4, 0.5) is 4.79 Å². The lowest BCUT2D eigenvalue weighted by molar-refractivity contribution is -0.162. The van der Waals surface area contributed by atoms with Crippen LogP contribution in [0.1, 0.15) is 51.9 Å². The lowest BCUT2D eigenvalue weighted by Gasteiger charge is -2.35. The van der Waals surface area contributed by atoms with Crippen molar-refractivity contribution in [3.63, 3.8) is 0 Å². The van der Waals surface area contributed by atoms with E-state index in [1.165, 1.54) is 12.0 Å². The summed E-state index contributed by atoms with van der Waals surface area (Å²) in [4.78, 5) is 38.2. The lowest BCUT2D eigenvalue weighted by atomic mass is 9.68. The van der Waals surface area contributed by atoms with Crippen LogP contribution >= 0.6 is 0 Å². The van der Waals surface area contributed by atoms with Crippen LogP contribution in [-0.2, 0) is 19.1 Å². The molecular formula is C17H25NO5. The molecule has 0 spiro atoms. The second kappa shape index (κ2) is 7.62. The molecule has 0 N–H and O–H groups in total. The molecule has 1 unspecified atom stereocenters. The van der Waals surface area contributed by atoms with E-state index in [4.69, 9.17) is 9.47 Å². The van der Waals surface area contributed by atoms with Crippen molar-refractivity contribution in [3.05, 3.63) is 11.8 Å². The van der Waals surface area contributed by atoms with E-state index in [1.807, 2.05) is 0 Å². The molecule has 1 amide bonds. The highest BCUT2D eigenvalue weighted by Crippen LogP contribution is 2.41. The van der Waals surface area contributed by atoms with Crippen molar-refractivity contribution in [2.24, 2.45) is 5.41 Å². The molecule has 1 atom stereocenters. The number of rotatable bonds is 4. The van der Waals surface area contributed by atoms with Crippen LogP contribution < -0.4 is 0 Å². The van der Waals surface area contributed by atoms with Crippen LogP contribution in [0.15, 0.2) is 11.8 Å². The molecule has 0 bridgehead atoms. The van der Waals surface area contributed by atoms with Crippen molar-refractivity contribution < 1.29 is 23.9 Å². The van der Waals surface area contributed by atoms with Crippen LogP contribution in [0.25, 0.3) is 0 Å². The third kappa shape index (κ3) is 3.74. The number of ketones is 1. The number of allylic oxidation sites excluding steroid dienone is 1. The summed E-state index contributed by atoms with van der Waals surface area (Å²) in [5.74, 6) is -0.445. The summed E-state index contributed by atoms with van der Waals surface area (Å²) in [5, 5.41) is 0. The van der Waals surface area contributed by atoms with E-state index in [0.29, 0.717) is 25.8 Å². The fraction of sp³-hybridized carbons (Fsp3) is 0.706. The van der Waals surface area contributed by atoms with Crippen molar-refractivity contribution >= 4 is 17.8 Å². The summed E-state index contributed by atoms with van der Waals surface area (Å²) < 4.78 is 9.94. The Hall–Kier alpha value is -1.85. The number of carbonyl (C=O) groups is 3. The van der Waals surface area contributed by atoms with Crippen LogP contribution in [0, 0.1) is 5.41 Å². The van der Waals surface area contributed by atoms with Crippen molar-refractivity contribution in [3.8, 4) is 0 Å². The van der Waals surface area contributed by atoms with Gasteiger partial charge in [-0.25, -0.2) is 4.79 Å². The van der Waals surface area contributed by atoms with Crippen molar-refractivity contribution in [2.75, 3.05) is 20.3 Å². The number of ether oxygens (including phenoxy) is 2. The van der Waals surface area contributed by atoms with Gasteiger partial charge in [0.05, 0.1) is 13.7 Å². The number of carbonyl (C=O) groups excluding carboxylic acids is 3. The second-order valence-electron chi connectivity index (χ2n) is 6.16. The molecule has 0 aromatic rings. The van der Waals surface area contributed by atoms with Crippen molar-refractivity contribution in [2.45, 2.75) is 51.9 Å². The Morgan fingerprint density at radius 3 is 2.70 bits per heavy atom. The Kier molecular flexibility index (Phi) is 5.80. The summed E-state index contributed by atoms with van der Waals surface area (Å²) in [7, 11) is 1.34. The number of Topliss-reactive ketones (excluding diaryl/α,β-unsaturated/α-hetero) is 1. The zero-order valence-electron chi connectivity index (χ0n) is 13.9. The maximum Gasteiger partial charge on any atom is 0.413 e. The van der Waals surface area contributed by atoms with Crippen molar-refractivity contribution in [1.82, 2.24) is 4.90 Å². The molecule has 0 saturated heterocycles. The molecule has 1 aliphatic heterocycles. The predicted octanol–water partition coefficient (Wildman–Crippen LogP) is 2.82. The highest BCUT2D eigenvalue weighted by atomic mass is 16.5. The van der Waals surface area contributed by atoms with Gasteiger partial charge in [-0.3, -0.25) is 14.5 Å². The van der Waals surface area contributed by atoms with Gasteiger partial charge in [0.2, 0.25) is 0 Å². The van der Waals surface area contributed by atoms with E-state index in [2.05, 4.69) is 0 Å². The van der Waals surface area contributed by atoms with Gasteiger partial charge in [-0.05, 0) is 39.0 Å². The van der Waals surface area contributed by atoms with E-state index in [-0.39, 0.29) is 12.4 Å². The summed E-state index contributed by atoms with van der Waals surface area (Å²) in [6.07, 6.45) is 5.87. The van der Waals surface area contributed by atoms with E-state index < -0.39 is 17.5 Å². The van der Waals surface area contributed by atoms with Gasteiger partial charge < -0.3 is 9.47 Å². The fourth-order valence-electron chi connectivity index (χ4n) is 3.44. The average Bonchev–Trinajstić information content (AvgIpc) is 2.56. The molecule has 2 aliphatic rings. The molecule has 1 aliphatic carbocycles. The summed E-state index contributed by atoms with van der Waals surface area (Å²) >= 11 is 0. The van der Waals surface area contributed by atoms with Gasteiger partial charge in [-0.2, -0.15) is 0 Å². The van der Waals surface area contributed by atoms with E-state index in [0.717, 1.165) is 31.3 Å². The zero-order valence-corrected chi connectivity index (χ0v) is 13.9. The minimum absolute atomic E-state index is 0.0294. The average molecular weight is 323 g/mol. The molecule has 1 saturated carbocycles.